The summed E-state index contributed by atoms with van der Waals surface area (Å²) in [4.78, 5) is 23.7. The van der Waals surface area contributed by atoms with E-state index in [2.05, 4.69) is 5.32 Å². The fraction of sp³-hybridized carbons (Fsp3) is 0.800. The largest absolute Gasteiger partial charge is 0.356 e. The highest BCUT2D eigenvalue weighted by molar-refractivity contribution is 5.78. The second kappa shape index (κ2) is 4.98. The van der Waals surface area contributed by atoms with Gasteiger partial charge < -0.3 is 10.2 Å². The van der Waals surface area contributed by atoms with Crippen molar-refractivity contribution in [1.29, 1.82) is 0 Å². The zero-order chi connectivity index (χ0) is 10.6. The number of likely N-dealkylation sites (tertiary alicyclic amines) is 1. The summed E-state index contributed by atoms with van der Waals surface area (Å²) >= 11 is 0. The third kappa shape index (κ3) is 2.72. The van der Waals surface area contributed by atoms with Gasteiger partial charge in [0.2, 0.25) is 12.3 Å². The summed E-state index contributed by atoms with van der Waals surface area (Å²) in [6, 6.07) is 0.253. The van der Waals surface area contributed by atoms with Crippen LogP contribution in [0.3, 0.4) is 0 Å². The predicted octanol–water partition coefficient (Wildman–Crippen LogP) is 0.379. The van der Waals surface area contributed by atoms with E-state index in [1.54, 1.807) is 0 Å². The van der Waals surface area contributed by atoms with Gasteiger partial charge in [0, 0.05) is 25.0 Å². The van der Waals surface area contributed by atoms with E-state index in [-0.39, 0.29) is 17.9 Å². The number of nitrogens with zero attached hydrogens (tertiary/aromatic N) is 1. The molecule has 1 fully saturated rings. The van der Waals surface area contributed by atoms with Gasteiger partial charge in [-0.2, -0.15) is 0 Å². The molecule has 1 aliphatic rings. The minimum absolute atomic E-state index is 0.0746. The summed E-state index contributed by atoms with van der Waals surface area (Å²) in [5.74, 6) is 0.292. The van der Waals surface area contributed by atoms with Crippen molar-refractivity contribution in [3.8, 4) is 0 Å². The van der Waals surface area contributed by atoms with Gasteiger partial charge in [0.15, 0.2) is 0 Å². The highest BCUT2D eigenvalue weighted by Crippen LogP contribution is 2.12. The van der Waals surface area contributed by atoms with Crippen LogP contribution >= 0.6 is 0 Å². The average molecular weight is 198 g/mol. The van der Waals surface area contributed by atoms with Crippen molar-refractivity contribution in [3.63, 3.8) is 0 Å². The molecule has 1 aliphatic heterocycles. The highest BCUT2D eigenvalue weighted by Gasteiger charge is 2.23. The molecular formula is C10H18N2O2. The van der Waals surface area contributed by atoms with Crippen LogP contribution in [0.1, 0.15) is 26.7 Å². The Morgan fingerprint density at radius 3 is 2.43 bits per heavy atom. The molecule has 2 amide bonds. The molecule has 0 aliphatic carbocycles. The number of amides is 2. The minimum Gasteiger partial charge on any atom is -0.356 e. The van der Waals surface area contributed by atoms with Crippen LogP contribution < -0.4 is 5.32 Å². The van der Waals surface area contributed by atoms with Crippen molar-refractivity contribution in [3.05, 3.63) is 0 Å². The SMILES string of the molecule is CC(C)C(=O)N1CCC(NC=O)CC1. The molecule has 0 radical (unpaired) electrons. The first-order valence-electron chi connectivity index (χ1n) is 5.13. The van der Waals surface area contributed by atoms with E-state index in [4.69, 9.17) is 0 Å². The summed E-state index contributed by atoms with van der Waals surface area (Å²) in [5, 5.41) is 2.75. The first-order chi connectivity index (χ1) is 6.65. The van der Waals surface area contributed by atoms with Crippen LogP contribution in [0.5, 0.6) is 0 Å². The summed E-state index contributed by atoms with van der Waals surface area (Å²) < 4.78 is 0. The molecule has 80 valence electrons. The average Bonchev–Trinajstić information content (AvgIpc) is 2.18. The fourth-order valence-corrected chi connectivity index (χ4v) is 1.73. The monoisotopic (exact) mass is 198 g/mol. The van der Waals surface area contributed by atoms with Gasteiger partial charge in [-0.15, -0.1) is 0 Å². The first kappa shape index (κ1) is 11.0. The molecule has 0 atom stereocenters. The number of nitrogens with one attached hydrogen (secondary N) is 1. The zero-order valence-corrected chi connectivity index (χ0v) is 8.82. The van der Waals surface area contributed by atoms with Crippen LogP contribution in [0.15, 0.2) is 0 Å². The maximum Gasteiger partial charge on any atom is 0.225 e. The molecule has 0 unspecified atom stereocenters. The minimum atomic E-state index is 0.0746. The van der Waals surface area contributed by atoms with E-state index >= 15 is 0 Å². The van der Waals surface area contributed by atoms with Crippen LogP contribution in [0.25, 0.3) is 0 Å². The standard InChI is InChI=1S/C10H18N2O2/c1-8(2)10(14)12-5-3-9(4-6-12)11-7-13/h7-9H,3-6H2,1-2H3,(H,11,13). The van der Waals surface area contributed by atoms with Gasteiger partial charge >= 0.3 is 0 Å². The molecular weight excluding hydrogens is 180 g/mol. The van der Waals surface area contributed by atoms with E-state index in [1.807, 2.05) is 18.7 Å². The van der Waals surface area contributed by atoms with Crippen molar-refractivity contribution in [2.45, 2.75) is 32.7 Å². The van der Waals surface area contributed by atoms with Gasteiger partial charge in [-0.05, 0) is 12.8 Å². The second-order valence-corrected chi connectivity index (χ2v) is 4.04. The molecule has 0 spiro atoms. The van der Waals surface area contributed by atoms with Gasteiger partial charge in [0.05, 0.1) is 0 Å². The lowest BCUT2D eigenvalue weighted by Crippen LogP contribution is -2.45. The van der Waals surface area contributed by atoms with Crippen molar-refractivity contribution in [2.24, 2.45) is 5.92 Å². The molecule has 4 nitrogen and oxygen atoms in total. The topological polar surface area (TPSA) is 49.4 Å². The van der Waals surface area contributed by atoms with E-state index in [0.29, 0.717) is 0 Å². The lowest BCUT2D eigenvalue weighted by molar-refractivity contribution is -0.135. The normalized spacial score (nSPS) is 18.4. The van der Waals surface area contributed by atoms with Gasteiger partial charge in [-0.1, -0.05) is 13.8 Å². The van der Waals surface area contributed by atoms with E-state index in [0.717, 1.165) is 32.3 Å². The van der Waals surface area contributed by atoms with Crippen molar-refractivity contribution >= 4 is 12.3 Å². The smallest absolute Gasteiger partial charge is 0.225 e. The predicted molar refractivity (Wildman–Crippen MR) is 53.6 cm³/mol. The van der Waals surface area contributed by atoms with Crippen LogP contribution in [-0.4, -0.2) is 36.3 Å². The Labute approximate surface area is 84.7 Å². The van der Waals surface area contributed by atoms with Gasteiger partial charge in [0.1, 0.15) is 0 Å². The number of piperidine rings is 1. The fourth-order valence-electron chi connectivity index (χ4n) is 1.73. The highest BCUT2D eigenvalue weighted by atomic mass is 16.2. The molecule has 0 aromatic carbocycles. The summed E-state index contributed by atoms with van der Waals surface area (Å²) in [6.07, 6.45) is 2.49. The molecule has 1 saturated heterocycles. The molecule has 0 bridgehead atoms. The van der Waals surface area contributed by atoms with Crippen molar-refractivity contribution in [2.75, 3.05) is 13.1 Å². The molecule has 4 heteroatoms. The number of rotatable bonds is 3. The van der Waals surface area contributed by atoms with Crippen LogP contribution in [-0.2, 0) is 9.59 Å². The Hall–Kier alpha value is -1.06. The molecule has 1 heterocycles. The first-order valence-corrected chi connectivity index (χ1v) is 5.13. The Bertz CT molecular complexity index is 208. The summed E-state index contributed by atoms with van der Waals surface area (Å²) in [6.45, 7) is 5.36. The molecule has 14 heavy (non-hydrogen) atoms. The number of carbonyl (C=O) groups excluding carboxylic acids is 2. The summed E-state index contributed by atoms with van der Waals surface area (Å²) in [5.41, 5.74) is 0. The van der Waals surface area contributed by atoms with Gasteiger partial charge in [-0.3, -0.25) is 9.59 Å². The Morgan fingerprint density at radius 2 is 2.00 bits per heavy atom. The maximum absolute atomic E-state index is 11.6. The van der Waals surface area contributed by atoms with Gasteiger partial charge in [-0.25, -0.2) is 0 Å². The van der Waals surface area contributed by atoms with Crippen molar-refractivity contribution in [1.82, 2.24) is 10.2 Å². The quantitative estimate of drug-likeness (QED) is 0.666. The van der Waals surface area contributed by atoms with Crippen LogP contribution in [0.2, 0.25) is 0 Å². The van der Waals surface area contributed by atoms with Crippen LogP contribution in [0.4, 0.5) is 0 Å². The van der Waals surface area contributed by atoms with Crippen LogP contribution in [0, 0.1) is 5.92 Å². The Balaban J connectivity index is 2.35. The number of hydrogen-bond donors (Lipinski definition) is 1. The van der Waals surface area contributed by atoms with Crippen molar-refractivity contribution < 1.29 is 9.59 Å². The second-order valence-electron chi connectivity index (χ2n) is 4.04. The Kier molecular flexibility index (Phi) is 3.92. The van der Waals surface area contributed by atoms with E-state index in [1.165, 1.54) is 0 Å². The van der Waals surface area contributed by atoms with E-state index < -0.39 is 0 Å². The Morgan fingerprint density at radius 1 is 1.43 bits per heavy atom. The van der Waals surface area contributed by atoms with Gasteiger partial charge in [0.25, 0.3) is 0 Å². The third-order valence-electron chi connectivity index (χ3n) is 2.60. The summed E-state index contributed by atoms with van der Waals surface area (Å²) in [7, 11) is 0. The van der Waals surface area contributed by atoms with E-state index in [9.17, 15) is 9.59 Å². The maximum atomic E-state index is 11.6. The number of carbonyl (C=O) groups is 2. The molecule has 1 rings (SSSR count). The lowest BCUT2D eigenvalue weighted by atomic mass is 10.0. The zero-order valence-electron chi connectivity index (χ0n) is 8.82. The molecule has 0 saturated carbocycles. The molecule has 0 aromatic heterocycles. The lowest BCUT2D eigenvalue weighted by Gasteiger charge is -2.32. The molecule has 0 aromatic rings. The third-order valence-corrected chi connectivity index (χ3v) is 2.60. The number of hydrogen-bond acceptors (Lipinski definition) is 2. The molecule has 1 N–H and O–H groups in total.